The van der Waals surface area contributed by atoms with Crippen molar-refractivity contribution in [1.29, 1.82) is 0 Å². The lowest BCUT2D eigenvalue weighted by molar-refractivity contribution is 0.0958. The lowest BCUT2D eigenvalue weighted by atomic mass is 10.1. The van der Waals surface area contributed by atoms with E-state index in [2.05, 4.69) is 21.5 Å². The van der Waals surface area contributed by atoms with Crippen LogP contribution in [0.5, 0.6) is 0 Å². The molecule has 0 radical (unpaired) electrons. The number of amides is 1. The normalized spacial score (nSPS) is 14.4. The number of benzene rings is 2. The number of nitrogens with zero attached hydrogens (tertiary/aromatic N) is 1. The van der Waals surface area contributed by atoms with Crippen molar-refractivity contribution in [3.8, 4) is 0 Å². The Bertz CT molecular complexity index is 934. The summed E-state index contributed by atoms with van der Waals surface area (Å²) in [4.78, 5) is 14.4. The summed E-state index contributed by atoms with van der Waals surface area (Å²) >= 11 is 0. The van der Waals surface area contributed by atoms with Crippen molar-refractivity contribution < 1.29 is 13.2 Å². The molecule has 0 spiro atoms. The molecule has 2 aromatic rings. The van der Waals surface area contributed by atoms with Crippen LogP contribution in [0, 0.1) is 0 Å². The van der Waals surface area contributed by atoms with E-state index in [1.807, 2.05) is 12.1 Å². The smallest absolute Gasteiger partial charge is 0.261 e. The summed E-state index contributed by atoms with van der Waals surface area (Å²) in [5.74, 6) is -0.345. The molecule has 1 fully saturated rings. The number of piperidine rings is 1. The average molecular weight is 400 g/mol. The molecule has 2 aromatic carbocycles. The molecule has 6 nitrogen and oxygen atoms in total. The summed E-state index contributed by atoms with van der Waals surface area (Å²) in [6.07, 6.45) is 5.20. The first-order valence-corrected chi connectivity index (χ1v) is 10.8. The maximum atomic E-state index is 12.7. The van der Waals surface area contributed by atoms with E-state index in [1.165, 1.54) is 31.4 Å². The molecule has 1 amide bonds. The van der Waals surface area contributed by atoms with Crippen molar-refractivity contribution in [3.05, 3.63) is 66.7 Å². The van der Waals surface area contributed by atoms with Crippen LogP contribution in [0.25, 0.3) is 0 Å². The fourth-order valence-electron chi connectivity index (χ4n) is 3.18. The minimum absolute atomic E-state index is 0.0406. The fourth-order valence-corrected chi connectivity index (χ4v) is 4.28. The van der Waals surface area contributed by atoms with Crippen molar-refractivity contribution in [2.75, 3.05) is 29.3 Å². The number of hydrogen-bond donors (Lipinski definition) is 2. The van der Waals surface area contributed by atoms with Gasteiger partial charge in [0, 0.05) is 36.6 Å². The van der Waals surface area contributed by atoms with Crippen molar-refractivity contribution in [1.82, 2.24) is 5.32 Å². The molecule has 0 bridgehead atoms. The number of hydrogen-bond acceptors (Lipinski definition) is 4. The third-order valence-corrected chi connectivity index (χ3v) is 6.03. The zero-order valence-electron chi connectivity index (χ0n) is 15.7. The molecule has 0 aromatic heterocycles. The molecule has 0 saturated carbocycles. The Labute approximate surface area is 166 Å². The SMILES string of the molecule is C=CCNC(=O)c1cccc(S(=O)(=O)Nc2ccc(N3CCCCC3)cc2)c1. The maximum absolute atomic E-state index is 12.7. The Balaban J connectivity index is 1.72. The lowest BCUT2D eigenvalue weighted by Crippen LogP contribution is -2.29. The molecule has 0 aliphatic carbocycles. The summed E-state index contributed by atoms with van der Waals surface area (Å²) in [6.45, 7) is 5.93. The number of rotatable bonds is 7. The zero-order valence-corrected chi connectivity index (χ0v) is 16.5. The van der Waals surface area contributed by atoms with E-state index in [-0.39, 0.29) is 16.4 Å². The Hall–Kier alpha value is -2.80. The molecular weight excluding hydrogens is 374 g/mol. The first-order valence-electron chi connectivity index (χ1n) is 9.36. The molecule has 0 unspecified atom stereocenters. The van der Waals surface area contributed by atoms with Crippen LogP contribution in [0.1, 0.15) is 29.6 Å². The topological polar surface area (TPSA) is 78.5 Å². The van der Waals surface area contributed by atoms with Gasteiger partial charge < -0.3 is 10.2 Å². The molecule has 1 saturated heterocycles. The van der Waals surface area contributed by atoms with Crippen LogP contribution in [-0.4, -0.2) is 34.0 Å². The van der Waals surface area contributed by atoms with Gasteiger partial charge in [-0.3, -0.25) is 9.52 Å². The van der Waals surface area contributed by atoms with Gasteiger partial charge in [0.25, 0.3) is 15.9 Å². The van der Waals surface area contributed by atoms with E-state index in [0.29, 0.717) is 12.2 Å². The Morgan fingerprint density at radius 1 is 1.07 bits per heavy atom. The van der Waals surface area contributed by atoms with Crippen molar-refractivity contribution in [3.63, 3.8) is 0 Å². The predicted octanol–water partition coefficient (Wildman–Crippen LogP) is 3.39. The number of carbonyl (C=O) groups is 1. The highest BCUT2D eigenvalue weighted by Gasteiger charge is 2.17. The second-order valence-corrected chi connectivity index (χ2v) is 8.41. The van der Waals surface area contributed by atoms with Crippen LogP contribution in [-0.2, 0) is 10.0 Å². The highest BCUT2D eigenvalue weighted by atomic mass is 32.2. The summed E-state index contributed by atoms with van der Waals surface area (Å²) < 4.78 is 28.0. The zero-order chi connectivity index (χ0) is 20.0. The number of nitrogens with one attached hydrogen (secondary N) is 2. The van der Waals surface area contributed by atoms with E-state index in [4.69, 9.17) is 0 Å². The van der Waals surface area contributed by atoms with Crippen molar-refractivity contribution >= 4 is 27.3 Å². The van der Waals surface area contributed by atoms with E-state index < -0.39 is 10.0 Å². The molecular formula is C21H25N3O3S. The largest absolute Gasteiger partial charge is 0.372 e. The van der Waals surface area contributed by atoms with E-state index in [1.54, 1.807) is 30.3 Å². The van der Waals surface area contributed by atoms with Crippen LogP contribution < -0.4 is 14.9 Å². The lowest BCUT2D eigenvalue weighted by Gasteiger charge is -2.28. The highest BCUT2D eigenvalue weighted by Crippen LogP contribution is 2.23. The van der Waals surface area contributed by atoms with Crippen molar-refractivity contribution in [2.24, 2.45) is 0 Å². The number of sulfonamides is 1. The van der Waals surface area contributed by atoms with Gasteiger partial charge in [0.05, 0.1) is 4.90 Å². The van der Waals surface area contributed by atoms with Crippen molar-refractivity contribution in [2.45, 2.75) is 24.2 Å². The van der Waals surface area contributed by atoms with E-state index >= 15 is 0 Å². The maximum Gasteiger partial charge on any atom is 0.261 e. The van der Waals surface area contributed by atoms with Gasteiger partial charge in [-0.25, -0.2) is 8.42 Å². The Morgan fingerprint density at radius 3 is 2.46 bits per heavy atom. The molecule has 1 aliphatic heterocycles. The van der Waals surface area contributed by atoms with Gasteiger partial charge >= 0.3 is 0 Å². The van der Waals surface area contributed by atoms with E-state index in [0.717, 1.165) is 18.8 Å². The molecule has 28 heavy (non-hydrogen) atoms. The van der Waals surface area contributed by atoms with Crippen LogP contribution in [0.15, 0.2) is 66.1 Å². The molecule has 3 rings (SSSR count). The first kappa shape index (κ1) is 19.9. The van der Waals surface area contributed by atoms with Gasteiger partial charge in [-0.2, -0.15) is 0 Å². The number of anilines is 2. The summed E-state index contributed by atoms with van der Waals surface area (Å²) in [6, 6.07) is 13.4. The Kier molecular flexibility index (Phi) is 6.36. The monoisotopic (exact) mass is 399 g/mol. The van der Waals surface area contributed by atoms with Crippen LogP contribution in [0.2, 0.25) is 0 Å². The highest BCUT2D eigenvalue weighted by molar-refractivity contribution is 7.92. The third-order valence-electron chi connectivity index (χ3n) is 4.65. The average Bonchev–Trinajstić information content (AvgIpc) is 2.73. The van der Waals surface area contributed by atoms with Gasteiger partial charge in [-0.05, 0) is 61.7 Å². The van der Waals surface area contributed by atoms with Crippen LogP contribution in [0.3, 0.4) is 0 Å². The van der Waals surface area contributed by atoms with Gasteiger partial charge in [0.2, 0.25) is 0 Å². The second kappa shape index (κ2) is 8.93. The molecule has 0 atom stereocenters. The van der Waals surface area contributed by atoms with Gasteiger partial charge in [0.15, 0.2) is 0 Å². The third kappa shape index (κ3) is 4.92. The quantitative estimate of drug-likeness (QED) is 0.700. The van der Waals surface area contributed by atoms with Crippen LogP contribution >= 0.6 is 0 Å². The number of carbonyl (C=O) groups excluding carboxylic acids is 1. The molecule has 7 heteroatoms. The summed E-state index contributed by atoms with van der Waals surface area (Å²) in [5, 5.41) is 2.64. The fraction of sp³-hybridized carbons (Fsp3) is 0.286. The second-order valence-electron chi connectivity index (χ2n) is 6.73. The first-order chi connectivity index (χ1) is 13.5. The predicted molar refractivity (Wildman–Crippen MR) is 112 cm³/mol. The molecule has 148 valence electrons. The summed E-state index contributed by atoms with van der Waals surface area (Å²) in [7, 11) is -3.79. The minimum Gasteiger partial charge on any atom is -0.372 e. The standard InChI is InChI=1S/C21H25N3O3S/c1-2-13-22-21(25)17-7-6-8-20(16-17)28(26,27)23-18-9-11-19(12-10-18)24-14-4-3-5-15-24/h2,6-12,16,23H,1,3-5,13-15H2,(H,22,25). The summed E-state index contributed by atoms with van der Waals surface area (Å²) in [5.41, 5.74) is 1.87. The van der Waals surface area contributed by atoms with Gasteiger partial charge in [-0.1, -0.05) is 12.1 Å². The van der Waals surface area contributed by atoms with Gasteiger partial charge in [-0.15, -0.1) is 6.58 Å². The molecule has 2 N–H and O–H groups in total. The van der Waals surface area contributed by atoms with Gasteiger partial charge in [0.1, 0.15) is 0 Å². The van der Waals surface area contributed by atoms with Crippen LogP contribution in [0.4, 0.5) is 11.4 Å². The minimum atomic E-state index is -3.79. The molecule has 1 aliphatic rings. The van der Waals surface area contributed by atoms with E-state index in [9.17, 15) is 13.2 Å². The Morgan fingerprint density at radius 2 is 1.79 bits per heavy atom. The molecule has 1 heterocycles.